The number of methoxy groups -OCH3 is 1. The number of ether oxygens (including phenoxy) is 3. The Labute approximate surface area is 304 Å². The minimum atomic E-state index is -0.362. The fourth-order valence-electron chi connectivity index (χ4n) is 11.4. The molecule has 6 nitrogen and oxygen atoms in total. The average Bonchev–Trinajstić information content (AvgIpc) is 3.48. The van der Waals surface area contributed by atoms with Gasteiger partial charge in [0.15, 0.2) is 6.61 Å². The molecule has 1 heterocycles. The van der Waals surface area contributed by atoms with Crippen LogP contribution in [0.5, 0.6) is 11.5 Å². The number of para-hydroxylation sites is 1. The maximum Gasteiger partial charge on any atom is 0.344 e. The molecular formula is C45H58O6. The largest absolute Gasteiger partial charge is 0.496 e. The number of allylic oxidation sites excluding steroid dienone is 1. The van der Waals surface area contributed by atoms with Crippen molar-refractivity contribution in [2.75, 3.05) is 13.7 Å². The molecule has 0 bridgehead atoms. The zero-order valence-corrected chi connectivity index (χ0v) is 31.7. The molecule has 3 fully saturated rings. The Morgan fingerprint density at radius 3 is 2.59 bits per heavy atom. The highest BCUT2D eigenvalue weighted by Crippen LogP contribution is 2.67. The summed E-state index contributed by atoms with van der Waals surface area (Å²) in [5, 5.41) is 0.434. The topological polar surface area (TPSA) is 75.0 Å². The molecule has 0 amide bonds. The first kappa shape index (κ1) is 35.8. The van der Waals surface area contributed by atoms with Gasteiger partial charge in [0.2, 0.25) is 5.43 Å². The van der Waals surface area contributed by atoms with E-state index >= 15 is 0 Å². The minimum Gasteiger partial charge on any atom is -0.496 e. The molecule has 0 unspecified atom stereocenters. The van der Waals surface area contributed by atoms with Crippen molar-refractivity contribution in [3.05, 3.63) is 70.6 Å². The van der Waals surface area contributed by atoms with Gasteiger partial charge in [0, 0.05) is 18.1 Å². The number of hydrogen-bond acceptors (Lipinski definition) is 6. The van der Waals surface area contributed by atoms with Crippen molar-refractivity contribution >= 4 is 16.9 Å². The van der Waals surface area contributed by atoms with Crippen LogP contribution in [0.2, 0.25) is 0 Å². The molecule has 0 saturated heterocycles. The lowest BCUT2D eigenvalue weighted by molar-refractivity contribution is -0.153. The Kier molecular flexibility index (Phi) is 10.2. The normalized spacial score (nSPS) is 30.6. The average molecular weight is 695 g/mol. The number of benzene rings is 2. The highest BCUT2D eigenvalue weighted by atomic mass is 16.6. The van der Waals surface area contributed by atoms with Crippen LogP contribution in [0.15, 0.2) is 69.6 Å². The number of carbonyl (C=O) groups is 1. The van der Waals surface area contributed by atoms with Gasteiger partial charge >= 0.3 is 5.97 Å². The van der Waals surface area contributed by atoms with E-state index in [-0.39, 0.29) is 29.5 Å². The molecule has 4 aliphatic rings. The Bertz CT molecular complexity index is 1820. The molecular weight excluding hydrogens is 636 g/mol. The highest BCUT2D eigenvalue weighted by Gasteiger charge is 2.59. The molecule has 3 aromatic rings. The molecule has 51 heavy (non-hydrogen) atoms. The van der Waals surface area contributed by atoms with Crippen LogP contribution in [0.3, 0.4) is 0 Å². The summed E-state index contributed by atoms with van der Waals surface area (Å²) in [5.74, 6) is 5.57. The van der Waals surface area contributed by atoms with Gasteiger partial charge in [-0.2, -0.15) is 0 Å². The summed E-state index contributed by atoms with van der Waals surface area (Å²) in [6.07, 6.45) is 17.6. The van der Waals surface area contributed by atoms with Crippen LogP contribution in [0.4, 0.5) is 0 Å². The minimum absolute atomic E-state index is 0.114. The zero-order valence-electron chi connectivity index (χ0n) is 31.7. The quantitative estimate of drug-likeness (QED) is 0.147. The second-order valence-corrected chi connectivity index (χ2v) is 17.3. The van der Waals surface area contributed by atoms with Crippen LogP contribution in [-0.2, 0) is 9.53 Å². The Balaban J connectivity index is 0.950. The molecule has 274 valence electrons. The van der Waals surface area contributed by atoms with Crippen molar-refractivity contribution in [3.63, 3.8) is 0 Å². The van der Waals surface area contributed by atoms with E-state index in [1.165, 1.54) is 63.2 Å². The lowest BCUT2D eigenvalue weighted by Gasteiger charge is -2.58. The summed E-state index contributed by atoms with van der Waals surface area (Å²) in [6, 6.07) is 12.4. The SMILES string of the molecule is COc1ccccc1-c1coc2cc(OCC(=O)O[C@H]3CC[C@@]4(C)C(=CC[C@H]5[C@H]6CC[C@@H]([C@H](C)CCCC(C)C)[C@@]6(C)CC[C@H]54)C3)ccc2c1=O. The first-order chi connectivity index (χ1) is 24.5. The van der Waals surface area contributed by atoms with Crippen molar-refractivity contribution in [1.29, 1.82) is 0 Å². The first-order valence-electron chi connectivity index (χ1n) is 19.7. The molecule has 1 aromatic heterocycles. The summed E-state index contributed by atoms with van der Waals surface area (Å²) in [5.41, 5.74) is 3.56. The van der Waals surface area contributed by atoms with Crippen LogP contribution >= 0.6 is 0 Å². The van der Waals surface area contributed by atoms with Crippen LogP contribution < -0.4 is 14.9 Å². The molecule has 2 aromatic carbocycles. The van der Waals surface area contributed by atoms with E-state index in [0.717, 1.165) is 54.8 Å². The lowest BCUT2D eigenvalue weighted by Crippen LogP contribution is -2.51. The summed E-state index contributed by atoms with van der Waals surface area (Å²) in [4.78, 5) is 26.3. The van der Waals surface area contributed by atoms with E-state index in [0.29, 0.717) is 39.0 Å². The molecule has 7 rings (SSSR count). The summed E-state index contributed by atoms with van der Waals surface area (Å²) in [6.45, 7) is 12.3. The predicted molar refractivity (Wildman–Crippen MR) is 203 cm³/mol. The first-order valence-corrected chi connectivity index (χ1v) is 19.7. The van der Waals surface area contributed by atoms with E-state index in [9.17, 15) is 9.59 Å². The third kappa shape index (κ3) is 6.77. The van der Waals surface area contributed by atoms with E-state index in [1.54, 1.807) is 25.3 Å². The second kappa shape index (κ2) is 14.5. The Morgan fingerprint density at radius 1 is 0.961 bits per heavy atom. The van der Waals surface area contributed by atoms with Gasteiger partial charge in [-0.15, -0.1) is 0 Å². The summed E-state index contributed by atoms with van der Waals surface area (Å²) >= 11 is 0. The standard InChI is InChI=1S/C45H58O6/c1-28(2)10-9-11-29(3)37-18-19-38-34-16-14-30-24-32(20-22-44(30,4)39(34)21-23-45(37,38)5)51-42(46)27-49-31-15-17-35-41(25-31)50-26-36(43(35)47)33-12-7-8-13-40(33)48-6/h7-8,12-15,17,25-26,28-29,32,34,37-39H,9-11,16,18-24,27H2,1-6H3/t29-,32+,34+,37+,38-,39-,44+,45-/m1/s1. The Hall–Kier alpha value is -3.54. The van der Waals surface area contributed by atoms with Gasteiger partial charge < -0.3 is 18.6 Å². The monoisotopic (exact) mass is 694 g/mol. The Morgan fingerprint density at radius 2 is 1.78 bits per heavy atom. The van der Waals surface area contributed by atoms with Gasteiger partial charge in [0.1, 0.15) is 29.4 Å². The molecule has 6 heteroatoms. The van der Waals surface area contributed by atoms with Crippen LogP contribution in [-0.4, -0.2) is 25.8 Å². The third-order valence-corrected chi connectivity index (χ3v) is 14.1. The molecule has 0 aliphatic heterocycles. The van der Waals surface area contributed by atoms with Gasteiger partial charge in [-0.3, -0.25) is 4.79 Å². The van der Waals surface area contributed by atoms with Gasteiger partial charge in [0.25, 0.3) is 0 Å². The molecule has 0 radical (unpaired) electrons. The van der Waals surface area contributed by atoms with E-state index in [4.69, 9.17) is 18.6 Å². The molecule has 4 aliphatic carbocycles. The number of hydrogen-bond donors (Lipinski definition) is 0. The fourth-order valence-corrected chi connectivity index (χ4v) is 11.4. The summed E-state index contributed by atoms with van der Waals surface area (Å²) in [7, 11) is 1.58. The van der Waals surface area contributed by atoms with Crippen LogP contribution in [0, 0.1) is 46.3 Å². The predicted octanol–water partition coefficient (Wildman–Crippen LogP) is 10.8. The van der Waals surface area contributed by atoms with Crippen LogP contribution in [0.1, 0.15) is 105 Å². The van der Waals surface area contributed by atoms with E-state index in [1.807, 2.05) is 24.3 Å². The molecule has 8 atom stereocenters. The molecule has 3 saturated carbocycles. The number of carbonyl (C=O) groups excluding carboxylic acids is 1. The molecule has 0 spiro atoms. The molecule has 0 N–H and O–H groups in total. The smallest absolute Gasteiger partial charge is 0.344 e. The number of rotatable bonds is 11. The lowest BCUT2D eigenvalue weighted by atomic mass is 9.47. The maximum absolute atomic E-state index is 13.3. The fraction of sp³-hybridized carbons (Fsp3) is 0.600. The number of fused-ring (bicyclic) bond motifs is 6. The van der Waals surface area contributed by atoms with Gasteiger partial charge in [-0.25, -0.2) is 4.79 Å². The van der Waals surface area contributed by atoms with E-state index in [2.05, 4.69) is 40.7 Å². The van der Waals surface area contributed by atoms with Crippen molar-refractivity contribution in [2.24, 2.45) is 46.3 Å². The van der Waals surface area contributed by atoms with E-state index < -0.39 is 0 Å². The zero-order chi connectivity index (χ0) is 35.9. The van der Waals surface area contributed by atoms with Gasteiger partial charge in [-0.05, 0) is 109 Å². The number of esters is 1. The van der Waals surface area contributed by atoms with Crippen LogP contribution in [0.25, 0.3) is 22.1 Å². The third-order valence-electron chi connectivity index (χ3n) is 14.1. The van der Waals surface area contributed by atoms with Crippen molar-refractivity contribution < 1.29 is 23.4 Å². The second-order valence-electron chi connectivity index (χ2n) is 17.3. The highest BCUT2D eigenvalue weighted by molar-refractivity contribution is 5.84. The summed E-state index contributed by atoms with van der Waals surface area (Å²) < 4.78 is 23.2. The van der Waals surface area contributed by atoms with Gasteiger partial charge in [-0.1, -0.05) is 83.7 Å². The maximum atomic E-state index is 13.3. The van der Waals surface area contributed by atoms with Crippen molar-refractivity contribution in [2.45, 2.75) is 111 Å². The van der Waals surface area contributed by atoms with Crippen molar-refractivity contribution in [3.8, 4) is 22.6 Å². The van der Waals surface area contributed by atoms with Gasteiger partial charge in [0.05, 0.1) is 18.1 Å². The van der Waals surface area contributed by atoms with Crippen molar-refractivity contribution in [1.82, 2.24) is 0 Å².